The summed E-state index contributed by atoms with van der Waals surface area (Å²) < 4.78 is 47.1. The standard InChI is InChI=1S/C16H21F3N2O3/c1-11-2-3-12(14(6-11)24-10-16(17,18)19)8-21-15(22)7-13-9-23-5-4-20-13/h2-3,6,13,20H,4-5,7-10H2,1H3,(H,21,22). The Morgan fingerprint density at radius 3 is 2.92 bits per heavy atom. The van der Waals surface area contributed by atoms with Crippen molar-refractivity contribution in [3.05, 3.63) is 29.3 Å². The van der Waals surface area contributed by atoms with Gasteiger partial charge in [-0.05, 0) is 18.6 Å². The molecule has 0 bridgehead atoms. The number of rotatable bonds is 6. The molecular formula is C16H21F3N2O3. The number of carbonyl (C=O) groups is 1. The van der Waals surface area contributed by atoms with Gasteiger partial charge in [0.2, 0.25) is 5.91 Å². The SMILES string of the molecule is Cc1ccc(CNC(=O)CC2COCCN2)c(OCC(F)(F)F)c1. The summed E-state index contributed by atoms with van der Waals surface area (Å²) in [5, 5.41) is 5.88. The minimum atomic E-state index is -4.41. The molecule has 1 aliphatic heterocycles. The fourth-order valence-electron chi connectivity index (χ4n) is 2.34. The number of carbonyl (C=O) groups excluding carboxylic acids is 1. The van der Waals surface area contributed by atoms with E-state index in [-0.39, 0.29) is 30.7 Å². The lowest BCUT2D eigenvalue weighted by molar-refractivity contribution is -0.153. The maximum atomic E-state index is 12.3. The van der Waals surface area contributed by atoms with Gasteiger partial charge in [0.05, 0.1) is 13.2 Å². The van der Waals surface area contributed by atoms with E-state index in [1.54, 1.807) is 19.1 Å². The summed E-state index contributed by atoms with van der Waals surface area (Å²) in [4.78, 5) is 12.0. The predicted molar refractivity (Wildman–Crippen MR) is 81.8 cm³/mol. The molecule has 1 fully saturated rings. The van der Waals surface area contributed by atoms with Crippen LogP contribution in [0.3, 0.4) is 0 Å². The number of aryl methyl sites for hydroxylation is 1. The molecule has 1 amide bonds. The average Bonchev–Trinajstić information content (AvgIpc) is 2.52. The molecule has 2 N–H and O–H groups in total. The van der Waals surface area contributed by atoms with Crippen molar-refractivity contribution in [1.82, 2.24) is 10.6 Å². The van der Waals surface area contributed by atoms with Crippen LogP contribution in [-0.4, -0.2) is 44.5 Å². The van der Waals surface area contributed by atoms with Gasteiger partial charge in [-0.25, -0.2) is 0 Å². The zero-order chi connectivity index (χ0) is 17.6. The Hall–Kier alpha value is -1.80. The van der Waals surface area contributed by atoms with Gasteiger partial charge in [-0.2, -0.15) is 13.2 Å². The summed E-state index contributed by atoms with van der Waals surface area (Å²) in [7, 11) is 0. The third-order valence-electron chi connectivity index (χ3n) is 3.52. The molecular weight excluding hydrogens is 325 g/mol. The van der Waals surface area contributed by atoms with E-state index in [2.05, 4.69) is 10.6 Å². The highest BCUT2D eigenvalue weighted by Crippen LogP contribution is 2.23. The Balaban J connectivity index is 1.89. The molecule has 1 aliphatic rings. The zero-order valence-electron chi connectivity index (χ0n) is 13.4. The maximum Gasteiger partial charge on any atom is 0.422 e. The second-order valence-electron chi connectivity index (χ2n) is 5.72. The van der Waals surface area contributed by atoms with E-state index in [1.807, 2.05) is 0 Å². The molecule has 5 nitrogen and oxygen atoms in total. The normalized spacial score (nSPS) is 18.2. The van der Waals surface area contributed by atoms with Crippen LogP contribution in [0.4, 0.5) is 13.2 Å². The maximum absolute atomic E-state index is 12.3. The molecule has 0 radical (unpaired) electrons. The first-order valence-electron chi connectivity index (χ1n) is 7.70. The Morgan fingerprint density at radius 2 is 2.25 bits per heavy atom. The zero-order valence-corrected chi connectivity index (χ0v) is 13.4. The number of alkyl halides is 3. The molecule has 1 aromatic carbocycles. The minimum absolute atomic E-state index is 0.0438. The van der Waals surface area contributed by atoms with Gasteiger partial charge in [0.1, 0.15) is 5.75 Å². The van der Waals surface area contributed by atoms with Gasteiger partial charge in [0, 0.05) is 31.1 Å². The Morgan fingerprint density at radius 1 is 1.46 bits per heavy atom. The lowest BCUT2D eigenvalue weighted by Gasteiger charge is -2.23. The van der Waals surface area contributed by atoms with E-state index < -0.39 is 12.8 Å². The molecule has 1 saturated heterocycles. The highest BCUT2D eigenvalue weighted by atomic mass is 19.4. The number of halogens is 3. The van der Waals surface area contributed by atoms with Gasteiger partial charge in [0.25, 0.3) is 0 Å². The minimum Gasteiger partial charge on any atom is -0.484 e. The van der Waals surface area contributed by atoms with E-state index in [0.717, 1.165) is 5.56 Å². The third-order valence-corrected chi connectivity index (χ3v) is 3.52. The molecule has 1 heterocycles. The number of hydrogen-bond donors (Lipinski definition) is 2. The van der Waals surface area contributed by atoms with Crippen LogP contribution in [0, 0.1) is 6.92 Å². The fourth-order valence-corrected chi connectivity index (χ4v) is 2.34. The Labute approximate surface area is 138 Å². The van der Waals surface area contributed by atoms with Crippen LogP contribution in [0.1, 0.15) is 17.5 Å². The summed E-state index contributed by atoms with van der Waals surface area (Å²) >= 11 is 0. The quantitative estimate of drug-likeness (QED) is 0.826. The van der Waals surface area contributed by atoms with Gasteiger partial charge >= 0.3 is 6.18 Å². The number of benzene rings is 1. The van der Waals surface area contributed by atoms with Crippen molar-refractivity contribution in [2.45, 2.75) is 32.1 Å². The van der Waals surface area contributed by atoms with Crippen molar-refractivity contribution in [2.24, 2.45) is 0 Å². The van der Waals surface area contributed by atoms with Crippen LogP contribution < -0.4 is 15.4 Å². The first-order chi connectivity index (χ1) is 11.3. The van der Waals surface area contributed by atoms with Crippen molar-refractivity contribution >= 4 is 5.91 Å². The summed E-state index contributed by atoms with van der Waals surface area (Å²) in [6.45, 7) is 2.31. The third kappa shape index (κ3) is 6.37. The van der Waals surface area contributed by atoms with Gasteiger partial charge < -0.3 is 20.1 Å². The van der Waals surface area contributed by atoms with Crippen LogP contribution in [0.15, 0.2) is 18.2 Å². The van der Waals surface area contributed by atoms with Gasteiger partial charge in [0.15, 0.2) is 6.61 Å². The Bertz CT molecular complexity index is 558. The topological polar surface area (TPSA) is 59.6 Å². The van der Waals surface area contributed by atoms with Crippen molar-refractivity contribution < 1.29 is 27.4 Å². The fraction of sp³-hybridized carbons (Fsp3) is 0.562. The number of morpholine rings is 1. The van der Waals surface area contributed by atoms with E-state index in [4.69, 9.17) is 9.47 Å². The molecule has 1 atom stereocenters. The molecule has 0 saturated carbocycles. The van der Waals surface area contributed by atoms with Crippen LogP contribution in [0.5, 0.6) is 5.75 Å². The van der Waals surface area contributed by atoms with E-state index in [0.29, 0.717) is 25.3 Å². The number of ether oxygens (including phenoxy) is 2. The lowest BCUT2D eigenvalue weighted by atomic mass is 10.1. The van der Waals surface area contributed by atoms with E-state index >= 15 is 0 Å². The molecule has 0 aliphatic carbocycles. The second kappa shape index (κ2) is 8.34. The summed E-state index contributed by atoms with van der Waals surface area (Å²) in [5.41, 5.74) is 1.29. The summed E-state index contributed by atoms with van der Waals surface area (Å²) in [5.74, 6) is -0.0629. The molecule has 2 rings (SSSR count). The van der Waals surface area contributed by atoms with Crippen molar-refractivity contribution in [1.29, 1.82) is 0 Å². The molecule has 24 heavy (non-hydrogen) atoms. The average molecular weight is 346 g/mol. The number of hydrogen-bond acceptors (Lipinski definition) is 4. The van der Waals surface area contributed by atoms with Gasteiger partial charge in [-0.15, -0.1) is 0 Å². The molecule has 8 heteroatoms. The molecule has 0 spiro atoms. The highest BCUT2D eigenvalue weighted by Gasteiger charge is 2.28. The smallest absolute Gasteiger partial charge is 0.422 e. The van der Waals surface area contributed by atoms with E-state index in [1.165, 1.54) is 6.07 Å². The molecule has 0 aromatic heterocycles. The molecule has 134 valence electrons. The van der Waals surface area contributed by atoms with Crippen LogP contribution in [0.25, 0.3) is 0 Å². The highest BCUT2D eigenvalue weighted by molar-refractivity contribution is 5.76. The molecule has 1 unspecified atom stereocenters. The second-order valence-corrected chi connectivity index (χ2v) is 5.72. The van der Waals surface area contributed by atoms with Crippen molar-refractivity contribution in [3.8, 4) is 5.75 Å². The number of nitrogens with one attached hydrogen (secondary N) is 2. The summed E-state index contributed by atoms with van der Waals surface area (Å²) in [6.07, 6.45) is -4.15. The molecule has 1 aromatic rings. The van der Waals surface area contributed by atoms with E-state index in [9.17, 15) is 18.0 Å². The number of amides is 1. The largest absolute Gasteiger partial charge is 0.484 e. The predicted octanol–water partition coefficient (Wildman–Crippen LogP) is 1.93. The lowest BCUT2D eigenvalue weighted by Crippen LogP contribution is -2.44. The van der Waals surface area contributed by atoms with Crippen molar-refractivity contribution in [2.75, 3.05) is 26.4 Å². The van der Waals surface area contributed by atoms with Gasteiger partial charge in [-0.3, -0.25) is 4.79 Å². The van der Waals surface area contributed by atoms with Crippen LogP contribution in [-0.2, 0) is 16.1 Å². The van der Waals surface area contributed by atoms with Crippen LogP contribution in [0.2, 0.25) is 0 Å². The van der Waals surface area contributed by atoms with Crippen molar-refractivity contribution in [3.63, 3.8) is 0 Å². The van der Waals surface area contributed by atoms with Gasteiger partial charge in [-0.1, -0.05) is 12.1 Å². The Kier molecular flexibility index (Phi) is 6.44. The monoisotopic (exact) mass is 346 g/mol. The first-order valence-corrected chi connectivity index (χ1v) is 7.70. The first kappa shape index (κ1) is 18.5. The summed E-state index contributed by atoms with van der Waals surface area (Å²) in [6, 6.07) is 4.91. The van der Waals surface area contributed by atoms with Crippen LogP contribution >= 0.6 is 0 Å².